The Hall–Kier alpha value is -3.83. The van der Waals surface area contributed by atoms with Gasteiger partial charge in [-0.15, -0.1) is 0 Å². The number of amides is 4. The smallest absolute Gasteiger partial charge is 0.417 e. The van der Waals surface area contributed by atoms with Crippen molar-refractivity contribution < 1.29 is 32.3 Å². The van der Waals surface area contributed by atoms with Gasteiger partial charge in [-0.2, -0.15) is 18.2 Å². The summed E-state index contributed by atoms with van der Waals surface area (Å²) in [6, 6.07) is 8.18. The van der Waals surface area contributed by atoms with Crippen LogP contribution in [0.5, 0.6) is 5.75 Å². The quantitative estimate of drug-likeness (QED) is 0.624. The number of piperidine rings is 1. The fourth-order valence-electron chi connectivity index (χ4n) is 4.17. The number of methoxy groups -OCH3 is 1. The Balaban J connectivity index is 1.36. The molecule has 2 aliphatic heterocycles. The number of hydrazine groups is 1. The number of urea groups is 1. The number of halogens is 3. The first-order chi connectivity index (χ1) is 16.5. The lowest BCUT2D eigenvalue weighted by Gasteiger charge is -2.32. The molecule has 0 saturated carbocycles. The van der Waals surface area contributed by atoms with Crippen molar-refractivity contribution >= 4 is 23.7 Å². The summed E-state index contributed by atoms with van der Waals surface area (Å²) in [6.07, 6.45) is -2.91. The first-order valence-corrected chi connectivity index (χ1v) is 10.9. The van der Waals surface area contributed by atoms with Crippen molar-refractivity contribution in [3.05, 3.63) is 53.7 Å². The molecule has 35 heavy (non-hydrogen) atoms. The summed E-state index contributed by atoms with van der Waals surface area (Å²) < 4.78 is 43.3. The van der Waals surface area contributed by atoms with Crippen LogP contribution in [0, 0.1) is 5.92 Å². The van der Waals surface area contributed by atoms with Gasteiger partial charge in [-0.3, -0.25) is 15.0 Å². The van der Waals surface area contributed by atoms with E-state index >= 15 is 0 Å². The van der Waals surface area contributed by atoms with Gasteiger partial charge in [0.1, 0.15) is 17.1 Å². The average Bonchev–Trinajstić information content (AvgIpc) is 3.07. The van der Waals surface area contributed by atoms with Crippen molar-refractivity contribution in [3.63, 3.8) is 0 Å². The third-order valence-corrected chi connectivity index (χ3v) is 6.35. The van der Waals surface area contributed by atoms with E-state index in [9.17, 15) is 27.6 Å². The van der Waals surface area contributed by atoms with Crippen molar-refractivity contribution in [2.24, 2.45) is 5.92 Å². The minimum atomic E-state index is -4.46. The van der Waals surface area contributed by atoms with Gasteiger partial charge in [0.05, 0.1) is 12.7 Å². The van der Waals surface area contributed by atoms with Crippen molar-refractivity contribution in [2.45, 2.75) is 31.5 Å². The summed E-state index contributed by atoms with van der Waals surface area (Å²) in [5.41, 5.74) is 0.775. The van der Waals surface area contributed by atoms with Crippen molar-refractivity contribution in [3.8, 4) is 5.75 Å². The maximum Gasteiger partial charge on any atom is 0.417 e. The highest BCUT2D eigenvalue weighted by molar-refractivity contribution is 6.08. The number of benzene rings is 1. The van der Waals surface area contributed by atoms with E-state index < -0.39 is 41.0 Å². The lowest BCUT2D eigenvalue weighted by Crippen LogP contribution is -2.51. The molecule has 1 atom stereocenters. The standard InChI is InChI=1S/C23H24F3N5O4/c1-22(15-3-6-17(35-2)7-4-15)20(33)31(21(34)28-22)29-19(32)14-9-11-30(12-10-14)18-8-5-16(13-27-18)23(24,25)26/h3-8,13-14H,9-12H2,1-2H3,(H,28,34)(H,29,32)/t22-/m0/s1. The van der Waals surface area contributed by atoms with Gasteiger partial charge >= 0.3 is 12.2 Å². The SMILES string of the molecule is COc1ccc([C@]2(C)NC(=O)N(NC(=O)C3CCN(c4ccc(C(F)(F)F)cn4)CC3)C2=O)cc1. The number of imide groups is 1. The topological polar surface area (TPSA) is 104 Å². The van der Waals surface area contributed by atoms with Crippen LogP contribution in [-0.4, -0.2) is 48.0 Å². The second kappa shape index (κ2) is 9.08. The Bertz CT molecular complexity index is 1120. The van der Waals surface area contributed by atoms with Crippen molar-refractivity contribution in [1.29, 1.82) is 0 Å². The van der Waals surface area contributed by atoms with Gasteiger partial charge in [0.15, 0.2) is 0 Å². The summed E-state index contributed by atoms with van der Waals surface area (Å²) in [7, 11) is 1.51. The largest absolute Gasteiger partial charge is 0.497 e. The fourth-order valence-corrected chi connectivity index (χ4v) is 4.17. The number of nitrogens with one attached hydrogen (secondary N) is 2. The fraction of sp³-hybridized carbons (Fsp3) is 0.391. The second-order valence-electron chi connectivity index (χ2n) is 8.56. The number of hydrogen-bond donors (Lipinski definition) is 2. The zero-order valence-corrected chi connectivity index (χ0v) is 19.1. The molecule has 1 aromatic carbocycles. The highest BCUT2D eigenvalue weighted by atomic mass is 19.4. The highest BCUT2D eigenvalue weighted by Gasteiger charge is 2.50. The molecule has 9 nitrogen and oxygen atoms in total. The molecule has 0 bridgehead atoms. The Labute approximate surface area is 199 Å². The molecular formula is C23H24F3N5O4. The lowest BCUT2D eigenvalue weighted by molar-refractivity contribution is -0.140. The number of anilines is 1. The summed E-state index contributed by atoms with van der Waals surface area (Å²) in [5, 5.41) is 3.31. The van der Waals surface area contributed by atoms with Crippen LogP contribution in [0.3, 0.4) is 0 Å². The number of rotatable bonds is 5. The van der Waals surface area contributed by atoms with Gasteiger partial charge in [0, 0.05) is 25.2 Å². The van der Waals surface area contributed by atoms with Crippen LogP contribution in [0.1, 0.15) is 30.9 Å². The van der Waals surface area contributed by atoms with E-state index in [1.54, 1.807) is 36.1 Å². The third-order valence-electron chi connectivity index (χ3n) is 6.35. The predicted octanol–water partition coefficient (Wildman–Crippen LogP) is 2.82. The number of pyridine rings is 1. The molecule has 0 aliphatic carbocycles. The molecule has 0 unspecified atom stereocenters. The molecule has 3 heterocycles. The molecule has 4 amide bonds. The minimum Gasteiger partial charge on any atom is -0.497 e. The second-order valence-corrected chi connectivity index (χ2v) is 8.56. The maximum atomic E-state index is 13.0. The molecule has 2 saturated heterocycles. The van der Waals surface area contributed by atoms with E-state index in [-0.39, 0.29) is 0 Å². The number of alkyl halides is 3. The number of aromatic nitrogens is 1. The molecule has 12 heteroatoms. The molecule has 2 aromatic rings. The van der Waals surface area contributed by atoms with Crippen molar-refractivity contribution in [2.75, 3.05) is 25.1 Å². The van der Waals surface area contributed by atoms with Gasteiger partial charge in [-0.05, 0) is 49.6 Å². The van der Waals surface area contributed by atoms with Crippen LogP contribution in [-0.2, 0) is 21.3 Å². The summed E-state index contributed by atoms with van der Waals surface area (Å²) in [4.78, 5) is 44.0. The summed E-state index contributed by atoms with van der Waals surface area (Å²) in [5.74, 6) is -0.590. The Morgan fingerprint density at radius 1 is 1.14 bits per heavy atom. The molecule has 2 aliphatic rings. The first kappa shape index (κ1) is 24.3. The van der Waals surface area contributed by atoms with E-state index in [1.165, 1.54) is 13.2 Å². The lowest BCUT2D eigenvalue weighted by atomic mass is 9.92. The van der Waals surface area contributed by atoms with Crippen LogP contribution in [0.4, 0.5) is 23.8 Å². The van der Waals surface area contributed by atoms with Gasteiger partial charge in [0.25, 0.3) is 5.91 Å². The van der Waals surface area contributed by atoms with Gasteiger partial charge in [-0.25, -0.2) is 9.78 Å². The van der Waals surface area contributed by atoms with E-state index in [0.717, 1.165) is 12.3 Å². The average molecular weight is 491 g/mol. The van der Waals surface area contributed by atoms with Gasteiger partial charge < -0.3 is 15.0 Å². The molecule has 2 N–H and O–H groups in total. The zero-order chi connectivity index (χ0) is 25.4. The molecule has 0 spiro atoms. The van der Waals surface area contributed by atoms with Crippen molar-refractivity contribution in [1.82, 2.24) is 20.7 Å². The molecular weight excluding hydrogens is 467 g/mol. The zero-order valence-electron chi connectivity index (χ0n) is 19.1. The van der Waals surface area contributed by atoms with Crippen LogP contribution in [0.15, 0.2) is 42.6 Å². The Kier molecular flexibility index (Phi) is 6.30. The van der Waals surface area contributed by atoms with E-state index in [4.69, 9.17) is 4.74 Å². The summed E-state index contributed by atoms with van der Waals surface area (Å²) in [6.45, 7) is 2.33. The third kappa shape index (κ3) is 4.73. The number of nitrogens with zero attached hydrogens (tertiary/aromatic N) is 3. The molecule has 2 fully saturated rings. The van der Waals surface area contributed by atoms with E-state index in [2.05, 4.69) is 15.7 Å². The molecule has 0 radical (unpaired) electrons. The number of carbonyl (C=O) groups excluding carboxylic acids is 3. The van der Waals surface area contributed by atoms with Crippen LogP contribution >= 0.6 is 0 Å². The van der Waals surface area contributed by atoms with Crippen LogP contribution in [0.25, 0.3) is 0 Å². The van der Waals surface area contributed by atoms with Gasteiger partial charge in [0.2, 0.25) is 5.91 Å². The van der Waals surface area contributed by atoms with E-state index in [1.807, 2.05) is 0 Å². The van der Waals surface area contributed by atoms with Crippen LogP contribution < -0.4 is 20.4 Å². The van der Waals surface area contributed by atoms with E-state index in [0.29, 0.717) is 48.1 Å². The molecule has 186 valence electrons. The molecule has 4 rings (SSSR count). The first-order valence-electron chi connectivity index (χ1n) is 10.9. The number of hydrogen-bond acceptors (Lipinski definition) is 6. The monoisotopic (exact) mass is 491 g/mol. The Morgan fingerprint density at radius 3 is 2.34 bits per heavy atom. The number of ether oxygens (including phenoxy) is 1. The van der Waals surface area contributed by atoms with Gasteiger partial charge in [-0.1, -0.05) is 12.1 Å². The Morgan fingerprint density at radius 2 is 1.80 bits per heavy atom. The normalized spacial score (nSPS) is 21.2. The molecule has 1 aromatic heterocycles. The van der Waals surface area contributed by atoms with Crippen LogP contribution in [0.2, 0.25) is 0 Å². The highest BCUT2D eigenvalue weighted by Crippen LogP contribution is 2.31. The predicted molar refractivity (Wildman–Crippen MR) is 118 cm³/mol. The maximum absolute atomic E-state index is 13.0. The minimum absolute atomic E-state index is 0.383. The number of carbonyl (C=O) groups is 3. The summed E-state index contributed by atoms with van der Waals surface area (Å²) >= 11 is 0.